The van der Waals surface area contributed by atoms with Crippen LogP contribution in [0.25, 0.3) is 0 Å². The Morgan fingerprint density at radius 1 is 1.24 bits per heavy atom. The van der Waals surface area contributed by atoms with Crippen molar-refractivity contribution in [1.29, 1.82) is 0 Å². The van der Waals surface area contributed by atoms with Crippen LogP contribution in [0, 0.1) is 17.8 Å². The lowest BCUT2D eigenvalue weighted by molar-refractivity contribution is -0.160. The second-order valence-corrected chi connectivity index (χ2v) is 12.6. The number of aliphatic hydroxyl groups is 1. The average molecular weight is 590 g/mol. The maximum Gasteiger partial charge on any atom is 0.312 e. The fourth-order valence-corrected chi connectivity index (χ4v) is 7.11. The third kappa shape index (κ3) is 6.75. The van der Waals surface area contributed by atoms with E-state index in [2.05, 4.69) is 25.4 Å². The van der Waals surface area contributed by atoms with E-state index in [1.165, 1.54) is 4.90 Å². The number of nitrogens with zero attached hydrogens (tertiary/aromatic N) is 2. The first-order valence-corrected chi connectivity index (χ1v) is 15.6. The zero-order chi connectivity index (χ0) is 31.2. The summed E-state index contributed by atoms with van der Waals surface area (Å²) < 4.78 is 12.3. The highest BCUT2D eigenvalue weighted by Gasteiger charge is 2.75. The zero-order valence-corrected chi connectivity index (χ0v) is 26.0. The molecule has 1 unspecified atom stereocenters. The number of nitrogens with one attached hydrogen (secondary N) is 1. The van der Waals surface area contributed by atoms with Crippen molar-refractivity contribution in [2.45, 2.75) is 115 Å². The second-order valence-electron chi connectivity index (χ2n) is 12.6. The predicted octanol–water partition coefficient (Wildman–Crippen LogP) is 2.99. The minimum absolute atomic E-state index is 0.0903. The number of esters is 1. The summed E-state index contributed by atoms with van der Waals surface area (Å²) in [5.41, 5.74) is -1.18. The topological polar surface area (TPSA) is 125 Å². The molecule has 0 saturated carbocycles. The van der Waals surface area contributed by atoms with Gasteiger partial charge in [0.15, 0.2) is 0 Å². The molecule has 42 heavy (non-hydrogen) atoms. The van der Waals surface area contributed by atoms with Gasteiger partial charge in [0.1, 0.15) is 17.7 Å². The van der Waals surface area contributed by atoms with Crippen molar-refractivity contribution in [3.05, 3.63) is 25.3 Å². The van der Waals surface area contributed by atoms with E-state index in [4.69, 9.17) is 9.47 Å². The smallest absolute Gasteiger partial charge is 0.312 e. The first-order chi connectivity index (χ1) is 20.0. The van der Waals surface area contributed by atoms with Gasteiger partial charge in [0, 0.05) is 19.0 Å². The summed E-state index contributed by atoms with van der Waals surface area (Å²) in [5.74, 6) is -2.90. The molecular formula is C32H51N3O7. The van der Waals surface area contributed by atoms with E-state index in [9.17, 15) is 24.3 Å². The molecule has 0 aromatic heterocycles. The largest absolute Gasteiger partial charge is 0.460 e. The highest BCUT2D eigenvalue weighted by atomic mass is 16.6. The number of allylic oxidation sites excluding steroid dienone is 1. The van der Waals surface area contributed by atoms with Gasteiger partial charge < -0.3 is 29.7 Å². The van der Waals surface area contributed by atoms with E-state index in [0.717, 1.165) is 12.8 Å². The quantitative estimate of drug-likeness (QED) is 0.197. The van der Waals surface area contributed by atoms with Crippen LogP contribution in [-0.4, -0.2) is 94.2 Å². The molecule has 1 spiro atoms. The summed E-state index contributed by atoms with van der Waals surface area (Å²) in [6.45, 7) is 17.4. The minimum Gasteiger partial charge on any atom is -0.460 e. The van der Waals surface area contributed by atoms with Gasteiger partial charge in [0.05, 0.1) is 37.1 Å². The maximum absolute atomic E-state index is 14.5. The minimum atomic E-state index is -1.18. The van der Waals surface area contributed by atoms with Crippen LogP contribution in [0.15, 0.2) is 25.3 Å². The van der Waals surface area contributed by atoms with Crippen molar-refractivity contribution in [3.63, 3.8) is 0 Å². The van der Waals surface area contributed by atoms with Crippen LogP contribution in [-0.2, 0) is 28.7 Å². The average Bonchev–Trinajstić information content (AvgIpc) is 3.59. The van der Waals surface area contributed by atoms with Gasteiger partial charge in [-0.1, -0.05) is 39.3 Å². The monoisotopic (exact) mass is 589 g/mol. The van der Waals surface area contributed by atoms with Crippen molar-refractivity contribution >= 4 is 23.7 Å². The van der Waals surface area contributed by atoms with E-state index < -0.39 is 47.7 Å². The summed E-state index contributed by atoms with van der Waals surface area (Å²) in [7, 11) is 0. The van der Waals surface area contributed by atoms with Crippen LogP contribution in [0.1, 0.15) is 79.6 Å². The number of aliphatic hydroxyl groups excluding tert-OH is 1. The molecule has 3 rings (SSSR count). The van der Waals surface area contributed by atoms with Crippen molar-refractivity contribution in [1.82, 2.24) is 15.1 Å². The molecule has 10 heteroatoms. The third-order valence-electron chi connectivity index (χ3n) is 8.92. The molecule has 8 atom stereocenters. The van der Waals surface area contributed by atoms with Crippen molar-refractivity contribution in [3.8, 4) is 0 Å². The molecule has 2 bridgehead atoms. The van der Waals surface area contributed by atoms with Crippen LogP contribution < -0.4 is 5.32 Å². The standard InChI is InChI=1S/C32H51N3O7/c1-8-11-13-25(37)33-18-22(7)41-31(40)26-24-14-15-32(42-24)27(26)29(38)35(23(19-36)17-20(4)5)28(32)30(39)34(16-10-3)21(6)12-9-2/h8,10,20-24,26-28,36H,1,3,9,11-19H2,2,4-7H3,(H,33,37)/t21?,22-,23+,24+,26-,27-,28+,32-/m0/s1. The summed E-state index contributed by atoms with van der Waals surface area (Å²) >= 11 is 0. The van der Waals surface area contributed by atoms with Gasteiger partial charge in [-0.15, -0.1) is 13.2 Å². The number of carbonyl (C=O) groups is 4. The van der Waals surface area contributed by atoms with Gasteiger partial charge in [0.2, 0.25) is 17.7 Å². The molecule has 0 aromatic rings. The second kappa shape index (κ2) is 14.6. The van der Waals surface area contributed by atoms with Crippen LogP contribution in [0.5, 0.6) is 0 Å². The van der Waals surface area contributed by atoms with Gasteiger partial charge in [0.25, 0.3) is 0 Å². The molecule has 3 fully saturated rings. The molecule has 10 nitrogen and oxygen atoms in total. The number of likely N-dealkylation sites (tertiary alicyclic amines) is 1. The van der Waals surface area contributed by atoms with E-state index in [0.29, 0.717) is 38.6 Å². The summed E-state index contributed by atoms with van der Waals surface area (Å²) in [6.07, 6.45) is 6.19. The molecule has 2 N–H and O–H groups in total. The summed E-state index contributed by atoms with van der Waals surface area (Å²) in [4.78, 5) is 57.7. The number of fused-ring (bicyclic) bond motifs is 1. The number of hydrogen-bond acceptors (Lipinski definition) is 7. The lowest BCUT2D eigenvalue weighted by atomic mass is 9.70. The van der Waals surface area contributed by atoms with Crippen LogP contribution in [0.2, 0.25) is 0 Å². The SMILES string of the molecule is C=CCCC(=O)NC[C@H](C)OC(=O)[C@@H]1[C@H]2C(=O)N([C@@H](CO)CC(C)C)[C@H](C(=O)N(CC=C)C(C)CCC)[C@]23CC[C@H]1O3. The Morgan fingerprint density at radius 2 is 1.95 bits per heavy atom. The zero-order valence-electron chi connectivity index (χ0n) is 26.0. The number of carbonyl (C=O) groups excluding carboxylic acids is 4. The normalized spacial score (nSPS) is 28.3. The third-order valence-corrected chi connectivity index (χ3v) is 8.92. The summed E-state index contributed by atoms with van der Waals surface area (Å²) in [5, 5.41) is 13.2. The molecule has 3 heterocycles. The molecule has 3 saturated heterocycles. The number of ether oxygens (including phenoxy) is 2. The molecule has 3 aliphatic rings. The first kappa shape index (κ1) is 33.8. The summed E-state index contributed by atoms with van der Waals surface area (Å²) in [6, 6.07) is -1.65. The number of hydrogen-bond donors (Lipinski definition) is 2. The molecule has 0 radical (unpaired) electrons. The van der Waals surface area contributed by atoms with E-state index >= 15 is 0 Å². The Hall–Kier alpha value is -2.72. The molecule has 236 valence electrons. The van der Waals surface area contributed by atoms with E-state index in [-0.39, 0.29) is 42.8 Å². The fraction of sp³-hybridized carbons (Fsp3) is 0.750. The Kier molecular flexibility index (Phi) is 11.8. The number of amides is 3. The Bertz CT molecular complexity index is 1020. The van der Waals surface area contributed by atoms with Gasteiger partial charge in [-0.25, -0.2) is 0 Å². The number of rotatable bonds is 17. The molecule has 3 amide bonds. The van der Waals surface area contributed by atoms with Crippen molar-refractivity contribution in [2.75, 3.05) is 19.7 Å². The lowest BCUT2D eigenvalue weighted by Crippen LogP contribution is -2.60. The van der Waals surface area contributed by atoms with Gasteiger partial charge in [-0.05, 0) is 51.9 Å². The Labute approximate surface area is 250 Å². The van der Waals surface area contributed by atoms with Crippen LogP contribution in [0.3, 0.4) is 0 Å². The van der Waals surface area contributed by atoms with Crippen molar-refractivity contribution < 1.29 is 33.8 Å². The predicted molar refractivity (Wildman–Crippen MR) is 159 cm³/mol. The molecule has 0 aliphatic carbocycles. The molecule has 3 aliphatic heterocycles. The van der Waals surface area contributed by atoms with Crippen molar-refractivity contribution in [2.24, 2.45) is 17.8 Å². The van der Waals surface area contributed by atoms with E-state index in [1.54, 1.807) is 24.0 Å². The fourth-order valence-electron chi connectivity index (χ4n) is 7.11. The molecule has 0 aromatic carbocycles. The molecular weight excluding hydrogens is 538 g/mol. The van der Waals surface area contributed by atoms with Gasteiger partial charge in [-0.2, -0.15) is 0 Å². The van der Waals surface area contributed by atoms with Crippen LogP contribution in [0.4, 0.5) is 0 Å². The highest BCUT2D eigenvalue weighted by Crippen LogP contribution is 2.59. The highest BCUT2D eigenvalue weighted by molar-refractivity contribution is 5.98. The van der Waals surface area contributed by atoms with Crippen LogP contribution >= 0.6 is 0 Å². The first-order valence-electron chi connectivity index (χ1n) is 15.6. The Balaban J connectivity index is 1.93. The maximum atomic E-state index is 14.5. The Morgan fingerprint density at radius 3 is 2.55 bits per heavy atom. The van der Waals surface area contributed by atoms with Gasteiger partial charge >= 0.3 is 5.97 Å². The van der Waals surface area contributed by atoms with Gasteiger partial charge in [-0.3, -0.25) is 19.2 Å². The van der Waals surface area contributed by atoms with E-state index in [1.807, 2.05) is 20.8 Å². The lowest BCUT2D eigenvalue weighted by Gasteiger charge is -2.41.